The number of alkyl halides is 3. The van der Waals surface area contributed by atoms with E-state index < -0.39 is 11.7 Å². The van der Waals surface area contributed by atoms with Crippen molar-refractivity contribution >= 4 is 0 Å². The molecule has 2 aromatic rings. The summed E-state index contributed by atoms with van der Waals surface area (Å²) < 4.78 is 39.9. The van der Waals surface area contributed by atoms with Crippen molar-refractivity contribution in [1.82, 2.24) is 14.9 Å². The van der Waals surface area contributed by atoms with Gasteiger partial charge in [-0.25, -0.2) is 4.98 Å². The lowest BCUT2D eigenvalue weighted by molar-refractivity contribution is -0.137. The standard InChI is InChI=1S/C13H14F3N3/c1-17-12(11-7-19(2)8-18-11)9-4-3-5-10(6-9)13(14,15)16/h3-8,12,17H,1-2H3. The molecule has 1 unspecified atom stereocenters. The maximum absolute atomic E-state index is 12.7. The second-order valence-electron chi connectivity index (χ2n) is 4.31. The maximum atomic E-state index is 12.7. The van der Waals surface area contributed by atoms with Crippen LogP contribution >= 0.6 is 0 Å². The van der Waals surface area contributed by atoms with Crippen molar-refractivity contribution in [3.8, 4) is 0 Å². The van der Waals surface area contributed by atoms with Crippen LogP contribution in [0.2, 0.25) is 0 Å². The summed E-state index contributed by atoms with van der Waals surface area (Å²) in [5, 5.41) is 2.98. The van der Waals surface area contributed by atoms with E-state index in [9.17, 15) is 13.2 Å². The Morgan fingerprint density at radius 2 is 2.05 bits per heavy atom. The molecule has 0 radical (unpaired) electrons. The Bertz CT molecular complexity index is 560. The minimum Gasteiger partial charge on any atom is -0.340 e. The van der Waals surface area contributed by atoms with Crippen molar-refractivity contribution in [3.63, 3.8) is 0 Å². The monoisotopic (exact) mass is 269 g/mol. The van der Waals surface area contributed by atoms with Crippen LogP contribution in [0.4, 0.5) is 13.2 Å². The normalized spacial score (nSPS) is 13.5. The zero-order valence-electron chi connectivity index (χ0n) is 10.6. The van der Waals surface area contributed by atoms with Gasteiger partial charge in [0, 0.05) is 13.2 Å². The largest absolute Gasteiger partial charge is 0.416 e. The molecule has 0 saturated carbocycles. The van der Waals surface area contributed by atoms with Gasteiger partial charge in [0.05, 0.1) is 23.6 Å². The quantitative estimate of drug-likeness (QED) is 0.928. The number of hydrogen-bond donors (Lipinski definition) is 1. The van der Waals surface area contributed by atoms with Crippen LogP contribution in [0, 0.1) is 0 Å². The molecular weight excluding hydrogens is 255 g/mol. The van der Waals surface area contributed by atoms with E-state index in [1.807, 2.05) is 7.05 Å². The molecule has 0 aliphatic carbocycles. The number of benzene rings is 1. The lowest BCUT2D eigenvalue weighted by Gasteiger charge is -2.16. The predicted molar refractivity (Wildman–Crippen MR) is 65.6 cm³/mol. The maximum Gasteiger partial charge on any atom is 0.416 e. The molecule has 0 saturated heterocycles. The Kier molecular flexibility index (Phi) is 3.61. The third kappa shape index (κ3) is 2.96. The SMILES string of the molecule is CNC(c1cccc(C(F)(F)F)c1)c1cn(C)cn1. The topological polar surface area (TPSA) is 29.9 Å². The number of rotatable bonds is 3. The second kappa shape index (κ2) is 5.05. The highest BCUT2D eigenvalue weighted by Gasteiger charge is 2.31. The molecule has 19 heavy (non-hydrogen) atoms. The van der Waals surface area contributed by atoms with Crippen molar-refractivity contribution in [2.24, 2.45) is 7.05 Å². The Morgan fingerprint density at radius 1 is 1.32 bits per heavy atom. The third-order valence-corrected chi connectivity index (χ3v) is 2.86. The van der Waals surface area contributed by atoms with Gasteiger partial charge in [0.2, 0.25) is 0 Å². The van der Waals surface area contributed by atoms with Gasteiger partial charge in [-0.15, -0.1) is 0 Å². The lowest BCUT2D eigenvalue weighted by atomic mass is 10.0. The molecule has 0 bridgehead atoms. The number of hydrogen-bond acceptors (Lipinski definition) is 2. The fourth-order valence-electron chi connectivity index (χ4n) is 1.96. The number of imidazole rings is 1. The van der Waals surface area contributed by atoms with Gasteiger partial charge < -0.3 is 9.88 Å². The summed E-state index contributed by atoms with van der Waals surface area (Å²) in [7, 11) is 3.51. The highest BCUT2D eigenvalue weighted by Crippen LogP contribution is 2.31. The number of halogens is 3. The Morgan fingerprint density at radius 3 is 2.58 bits per heavy atom. The Hall–Kier alpha value is -1.82. The molecule has 1 aromatic carbocycles. The van der Waals surface area contributed by atoms with E-state index in [2.05, 4.69) is 10.3 Å². The molecule has 2 rings (SSSR count). The van der Waals surface area contributed by atoms with Crippen LogP contribution in [0.15, 0.2) is 36.8 Å². The molecule has 1 N–H and O–H groups in total. The van der Waals surface area contributed by atoms with E-state index in [-0.39, 0.29) is 6.04 Å². The summed E-state index contributed by atoms with van der Waals surface area (Å²) in [5.41, 5.74) is 0.571. The third-order valence-electron chi connectivity index (χ3n) is 2.86. The van der Waals surface area contributed by atoms with Gasteiger partial charge in [0.25, 0.3) is 0 Å². The molecule has 102 valence electrons. The van der Waals surface area contributed by atoms with Gasteiger partial charge in [0.1, 0.15) is 0 Å². The van der Waals surface area contributed by atoms with Gasteiger partial charge in [-0.2, -0.15) is 13.2 Å². The van der Waals surface area contributed by atoms with Crippen molar-refractivity contribution in [2.45, 2.75) is 12.2 Å². The first kappa shape index (κ1) is 13.6. The first-order valence-corrected chi connectivity index (χ1v) is 5.74. The molecule has 3 nitrogen and oxygen atoms in total. The molecule has 6 heteroatoms. The molecule has 0 amide bonds. The zero-order valence-corrected chi connectivity index (χ0v) is 10.6. The molecule has 0 aliphatic heterocycles. The van der Waals surface area contributed by atoms with Crippen LogP contribution in [0.5, 0.6) is 0 Å². The molecule has 1 heterocycles. The average molecular weight is 269 g/mol. The first-order chi connectivity index (χ1) is 8.91. The van der Waals surface area contributed by atoms with Gasteiger partial charge in [-0.1, -0.05) is 12.1 Å². The van der Waals surface area contributed by atoms with E-state index in [1.165, 1.54) is 6.07 Å². The lowest BCUT2D eigenvalue weighted by Crippen LogP contribution is -2.19. The molecular formula is C13H14F3N3. The van der Waals surface area contributed by atoms with Gasteiger partial charge in [0.15, 0.2) is 0 Å². The van der Waals surface area contributed by atoms with Crippen LogP contribution in [0.25, 0.3) is 0 Å². The highest BCUT2D eigenvalue weighted by molar-refractivity contribution is 5.32. The summed E-state index contributed by atoms with van der Waals surface area (Å²) in [4.78, 5) is 4.17. The summed E-state index contributed by atoms with van der Waals surface area (Å²) in [6.07, 6.45) is -0.937. The van der Waals surface area contributed by atoms with E-state index in [1.54, 1.807) is 30.2 Å². The summed E-state index contributed by atoms with van der Waals surface area (Å²) in [5.74, 6) is 0. The molecule has 0 aliphatic rings. The van der Waals surface area contributed by atoms with Crippen LogP contribution in [0.1, 0.15) is 22.9 Å². The van der Waals surface area contributed by atoms with E-state index in [0.717, 1.165) is 12.1 Å². The van der Waals surface area contributed by atoms with Crippen LogP contribution in [-0.4, -0.2) is 16.6 Å². The minimum atomic E-state index is -4.33. The summed E-state index contributed by atoms with van der Waals surface area (Å²) >= 11 is 0. The summed E-state index contributed by atoms with van der Waals surface area (Å²) in [6.45, 7) is 0. The van der Waals surface area contributed by atoms with Crippen LogP contribution in [0.3, 0.4) is 0 Å². The van der Waals surface area contributed by atoms with Gasteiger partial charge in [-0.05, 0) is 24.7 Å². The van der Waals surface area contributed by atoms with Gasteiger partial charge in [-0.3, -0.25) is 0 Å². The first-order valence-electron chi connectivity index (χ1n) is 5.74. The van der Waals surface area contributed by atoms with Crippen LogP contribution in [-0.2, 0) is 13.2 Å². The van der Waals surface area contributed by atoms with Gasteiger partial charge >= 0.3 is 6.18 Å². The summed E-state index contributed by atoms with van der Waals surface area (Å²) in [6, 6.07) is 4.92. The average Bonchev–Trinajstić information content (AvgIpc) is 2.76. The second-order valence-corrected chi connectivity index (χ2v) is 4.31. The fourth-order valence-corrected chi connectivity index (χ4v) is 1.96. The number of nitrogens with zero attached hydrogens (tertiary/aromatic N) is 2. The van der Waals surface area contributed by atoms with E-state index in [4.69, 9.17) is 0 Å². The Labute approximate surface area is 109 Å². The number of aryl methyl sites for hydroxylation is 1. The zero-order chi connectivity index (χ0) is 14.0. The molecule has 1 atom stereocenters. The van der Waals surface area contributed by atoms with Crippen LogP contribution < -0.4 is 5.32 Å². The van der Waals surface area contributed by atoms with E-state index in [0.29, 0.717) is 11.3 Å². The smallest absolute Gasteiger partial charge is 0.340 e. The van der Waals surface area contributed by atoms with Crippen molar-refractivity contribution < 1.29 is 13.2 Å². The predicted octanol–water partition coefficient (Wildman–Crippen LogP) is 2.75. The molecule has 0 fully saturated rings. The van der Waals surface area contributed by atoms with E-state index >= 15 is 0 Å². The minimum absolute atomic E-state index is 0.358. The van der Waals surface area contributed by atoms with Crippen molar-refractivity contribution in [2.75, 3.05) is 7.05 Å². The van der Waals surface area contributed by atoms with Crippen molar-refractivity contribution in [1.29, 1.82) is 0 Å². The van der Waals surface area contributed by atoms with Crippen molar-refractivity contribution in [3.05, 3.63) is 53.6 Å². The Balaban J connectivity index is 2.39. The number of nitrogens with one attached hydrogen (secondary N) is 1. The molecule has 0 spiro atoms. The highest BCUT2D eigenvalue weighted by atomic mass is 19.4. The molecule has 1 aromatic heterocycles. The number of aromatic nitrogens is 2. The fraction of sp³-hybridized carbons (Fsp3) is 0.308.